The molecule has 0 aliphatic rings. The number of carbonyl (C=O) groups is 1. The summed E-state index contributed by atoms with van der Waals surface area (Å²) in [6.45, 7) is 5.30. The van der Waals surface area contributed by atoms with Gasteiger partial charge in [-0.25, -0.2) is 9.48 Å². The van der Waals surface area contributed by atoms with Crippen LogP contribution in [0.5, 0.6) is 5.75 Å². The first-order valence-corrected chi connectivity index (χ1v) is 9.76. The van der Waals surface area contributed by atoms with Crippen molar-refractivity contribution < 1.29 is 9.53 Å². The van der Waals surface area contributed by atoms with E-state index in [0.29, 0.717) is 36.9 Å². The van der Waals surface area contributed by atoms with Gasteiger partial charge in [-0.05, 0) is 35.6 Å². The van der Waals surface area contributed by atoms with E-state index in [4.69, 9.17) is 16.2 Å². The van der Waals surface area contributed by atoms with Crippen LogP contribution in [0.4, 0.5) is 4.79 Å². The molecule has 0 aliphatic carbocycles. The zero-order chi connectivity index (χ0) is 21.7. The van der Waals surface area contributed by atoms with Crippen LogP contribution in [-0.4, -0.2) is 32.2 Å². The number of rotatable bonds is 8. The number of nitrogens with zero attached hydrogens (tertiary/aromatic N) is 4. The molecule has 0 aliphatic heterocycles. The van der Waals surface area contributed by atoms with Crippen molar-refractivity contribution in [3.63, 3.8) is 0 Å². The lowest BCUT2D eigenvalue weighted by Crippen LogP contribution is -2.18. The second-order valence-electron chi connectivity index (χ2n) is 7.45. The van der Waals surface area contributed by atoms with Gasteiger partial charge in [-0.2, -0.15) is 10.2 Å². The predicted molar refractivity (Wildman–Crippen MR) is 113 cm³/mol. The van der Waals surface area contributed by atoms with Gasteiger partial charge in [-0.3, -0.25) is 9.48 Å². The third kappa shape index (κ3) is 5.32. The zero-order valence-corrected chi connectivity index (χ0v) is 17.1. The number of primary amides is 1. The van der Waals surface area contributed by atoms with Gasteiger partial charge in [0.1, 0.15) is 17.1 Å². The summed E-state index contributed by atoms with van der Waals surface area (Å²) in [6.07, 6.45) is 5.33. The Labute approximate surface area is 174 Å². The molecule has 9 heteroatoms. The summed E-state index contributed by atoms with van der Waals surface area (Å²) >= 11 is 0. The fraction of sp³-hybridized carbons (Fsp3) is 0.333. The fourth-order valence-electron chi connectivity index (χ4n) is 3.20. The second kappa shape index (κ2) is 9.36. The molecule has 9 nitrogen and oxygen atoms in total. The van der Waals surface area contributed by atoms with Gasteiger partial charge in [0.05, 0.1) is 18.9 Å². The molecule has 0 fully saturated rings. The Balaban J connectivity index is 1.95. The van der Waals surface area contributed by atoms with Gasteiger partial charge < -0.3 is 16.2 Å². The number of nitrogens with two attached hydrogens (primary N) is 2. The minimum Gasteiger partial charge on any atom is -0.410 e. The van der Waals surface area contributed by atoms with Crippen LogP contribution in [-0.2, 0) is 19.4 Å². The number of amides is 1. The van der Waals surface area contributed by atoms with E-state index in [1.807, 2.05) is 12.3 Å². The Morgan fingerprint density at radius 3 is 2.73 bits per heavy atom. The highest BCUT2D eigenvalue weighted by atomic mass is 16.5. The van der Waals surface area contributed by atoms with E-state index >= 15 is 0 Å². The molecule has 1 aromatic carbocycles. The van der Waals surface area contributed by atoms with Crippen molar-refractivity contribution in [1.82, 2.24) is 19.6 Å². The lowest BCUT2D eigenvalue weighted by atomic mass is 9.95. The van der Waals surface area contributed by atoms with E-state index in [2.05, 4.69) is 24.0 Å². The summed E-state index contributed by atoms with van der Waals surface area (Å²) in [5.41, 5.74) is 13.6. The monoisotopic (exact) mass is 410 g/mol. The molecule has 158 valence electrons. The maximum absolute atomic E-state index is 12.5. The van der Waals surface area contributed by atoms with Gasteiger partial charge in [-0.1, -0.05) is 19.9 Å². The molecule has 4 N–H and O–H groups in total. The molecule has 0 bridgehead atoms. The van der Waals surface area contributed by atoms with E-state index in [-0.39, 0.29) is 5.43 Å². The van der Waals surface area contributed by atoms with Gasteiger partial charge in [0.2, 0.25) is 5.43 Å². The van der Waals surface area contributed by atoms with Crippen molar-refractivity contribution in [2.75, 3.05) is 6.54 Å². The number of ether oxygens (including phenoxy) is 1. The molecule has 0 saturated carbocycles. The quantitative estimate of drug-likeness (QED) is 0.580. The summed E-state index contributed by atoms with van der Waals surface area (Å²) in [4.78, 5) is 23.6. The second-order valence-corrected chi connectivity index (χ2v) is 7.45. The van der Waals surface area contributed by atoms with E-state index in [0.717, 1.165) is 23.2 Å². The summed E-state index contributed by atoms with van der Waals surface area (Å²) < 4.78 is 8.35. The Morgan fingerprint density at radius 2 is 2.03 bits per heavy atom. The third-order valence-corrected chi connectivity index (χ3v) is 4.50. The van der Waals surface area contributed by atoms with Crippen LogP contribution in [0.1, 0.15) is 30.7 Å². The van der Waals surface area contributed by atoms with Gasteiger partial charge in [0.15, 0.2) is 0 Å². The van der Waals surface area contributed by atoms with Crippen molar-refractivity contribution in [2.24, 2.45) is 17.4 Å². The lowest BCUT2D eigenvalue weighted by Gasteiger charge is -2.13. The molecule has 0 atom stereocenters. The van der Waals surface area contributed by atoms with Crippen LogP contribution < -0.4 is 21.6 Å². The summed E-state index contributed by atoms with van der Waals surface area (Å²) in [6, 6.07) is 6.81. The first-order valence-electron chi connectivity index (χ1n) is 9.76. The standard InChI is InChI=1S/C21H26N6O3/c1-14(2)9-15-3-4-18(30-21(23)29)10-16(15)11-19-20(28)5-7-27(25-19)17-12-24-26(13-17)8-6-22/h3-5,7,10,12-14H,6,8-9,11,22H2,1-2H3,(H2,23,29). The Kier molecular flexibility index (Phi) is 6.63. The van der Waals surface area contributed by atoms with Gasteiger partial charge in [0, 0.05) is 25.2 Å². The molecule has 3 rings (SSSR count). The number of aromatic nitrogens is 4. The van der Waals surface area contributed by atoms with E-state index in [1.54, 1.807) is 33.9 Å². The fourth-order valence-corrected chi connectivity index (χ4v) is 3.20. The number of benzene rings is 1. The lowest BCUT2D eigenvalue weighted by molar-refractivity contribution is 0.211. The predicted octanol–water partition coefficient (Wildman–Crippen LogP) is 1.63. The molecule has 0 unspecified atom stereocenters. The van der Waals surface area contributed by atoms with E-state index in [9.17, 15) is 9.59 Å². The number of carbonyl (C=O) groups excluding carboxylic acids is 1. The Morgan fingerprint density at radius 1 is 1.23 bits per heavy atom. The van der Waals surface area contributed by atoms with Gasteiger partial charge >= 0.3 is 6.09 Å². The summed E-state index contributed by atoms with van der Waals surface area (Å²) in [7, 11) is 0. The minimum absolute atomic E-state index is 0.169. The van der Waals surface area contributed by atoms with Gasteiger partial charge in [0.25, 0.3) is 0 Å². The molecule has 2 heterocycles. The van der Waals surface area contributed by atoms with Crippen molar-refractivity contribution in [3.8, 4) is 11.4 Å². The highest BCUT2D eigenvalue weighted by molar-refractivity contribution is 5.68. The topological polar surface area (TPSA) is 131 Å². The maximum Gasteiger partial charge on any atom is 0.409 e. The van der Waals surface area contributed by atoms with Crippen molar-refractivity contribution >= 4 is 6.09 Å². The molecule has 2 aromatic heterocycles. The molecule has 1 amide bonds. The molecule has 0 spiro atoms. The van der Waals surface area contributed by atoms with Crippen LogP contribution in [0.3, 0.4) is 0 Å². The first-order chi connectivity index (χ1) is 14.4. The normalized spacial score (nSPS) is 11.1. The minimum atomic E-state index is -0.882. The van der Waals surface area contributed by atoms with Crippen LogP contribution in [0.15, 0.2) is 47.7 Å². The molecule has 30 heavy (non-hydrogen) atoms. The molecular formula is C21H26N6O3. The van der Waals surface area contributed by atoms with E-state index < -0.39 is 6.09 Å². The third-order valence-electron chi connectivity index (χ3n) is 4.50. The van der Waals surface area contributed by atoms with Crippen LogP contribution in [0.25, 0.3) is 5.69 Å². The molecule has 0 saturated heterocycles. The summed E-state index contributed by atoms with van der Waals surface area (Å²) in [5, 5.41) is 8.75. The SMILES string of the molecule is CC(C)Cc1ccc(OC(N)=O)cc1Cc1nn(-c2cnn(CCN)c2)ccc1=O. The largest absolute Gasteiger partial charge is 0.410 e. The molecular weight excluding hydrogens is 384 g/mol. The average molecular weight is 410 g/mol. The average Bonchev–Trinajstić information content (AvgIpc) is 3.14. The van der Waals surface area contributed by atoms with Crippen molar-refractivity contribution in [3.05, 3.63) is 69.9 Å². The maximum atomic E-state index is 12.5. The Hall–Kier alpha value is -3.46. The Bertz CT molecular complexity index is 1090. The number of hydrogen-bond donors (Lipinski definition) is 2. The van der Waals surface area contributed by atoms with Crippen LogP contribution >= 0.6 is 0 Å². The van der Waals surface area contributed by atoms with Crippen LogP contribution in [0.2, 0.25) is 0 Å². The van der Waals surface area contributed by atoms with E-state index in [1.165, 1.54) is 6.07 Å². The zero-order valence-electron chi connectivity index (χ0n) is 17.1. The highest BCUT2D eigenvalue weighted by Crippen LogP contribution is 2.22. The van der Waals surface area contributed by atoms with Crippen molar-refractivity contribution in [1.29, 1.82) is 0 Å². The first kappa shape index (κ1) is 21.3. The van der Waals surface area contributed by atoms with Crippen molar-refractivity contribution in [2.45, 2.75) is 33.2 Å². The molecule has 3 aromatic rings. The summed E-state index contributed by atoms with van der Waals surface area (Å²) in [5.74, 6) is 0.754. The number of hydrogen-bond acceptors (Lipinski definition) is 6. The smallest absolute Gasteiger partial charge is 0.409 e. The highest BCUT2D eigenvalue weighted by Gasteiger charge is 2.13. The van der Waals surface area contributed by atoms with Gasteiger partial charge in [-0.15, -0.1) is 0 Å². The molecule has 0 radical (unpaired) electrons. The van der Waals surface area contributed by atoms with Crippen LogP contribution in [0, 0.1) is 5.92 Å².